The van der Waals surface area contributed by atoms with Gasteiger partial charge in [0.05, 0.1) is 6.20 Å². The van der Waals surface area contributed by atoms with Crippen molar-refractivity contribution in [2.75, 3.05) is 7.05 Å². The lowest BCUT2D eigenvalue weighted by atomic mass is 10.0. The molecule has 3 rings (SSSR count). The highest BCUT2D eigenvalue weighted by molar-refractivity contribution is 6.31. The highest BCUT2D eigenvalue weighted by Gasteiger charge is 2.19. The predicted molar refractivity (Wildman–Crippen MR) is 117 cm³/mol. The maximum atomic E-state index is 12.7. The average molecular weight is 430 g/mol. The first-order valence-electron chi connectivity index (χ1n) is 9.91. The lowest BCUT2D eigenvalue weighted by molar-refractivity contribution is 0.0749. The first-order chi connectivity index (χ1) is 14.2. The number of carbonyl (C=O) groups excluding carboxylic acids is 1. The molecule has 1 aromatic carbocycles. The van der Waals surface area contributed by atoms with Gasteiger partial charge in [-0.05, 0) is 55.2 Å². The van der Waals surface area contributed by atoms with Gasteiger partial charge in [0.15, 0.2) is 5.76 Å². The summed E-state index contributed by atoms with van der Waals surface area (Å²) in [5.41, 5.74) is 4.03. The minimum atomic E-state index is -0.185. The van der Waals surface area contributed by atoms with Crippen LogP contribution in [0.5, 0.6) is 5.75 Å². The molecule has 2 heterocycles. The van der Waals surface area contributed by atoms with Crippen molar-refractivity contribution in [3.8, 4) is 5.75 Å². The van der Waals surface area contributed by atoms with Crippen molar-refractivity contribution in [3.63, 3.8) is 0 Å². The zero-order chi connectivity index (χ0) is 22.0. The molecule has 0 bridgehead atoms. The number of aromatic nitrogens is 2. The monoisotopic (exact) mass is 429 g/mol. The zero-order valence-electron chi connectivity index (χ0n) is 18.3. The van der Waals surface area contributed by atoms with E-state index in [-0.39, 0.29) is 24.2 Å². The number of hydrogen-bond acceptors (Lipinski definition) is 4. The van der Waals surface area contributed by atoms with Crippen LogP contribution in [0.1, 0.15) is 58.5 Å². The topological polar surface area (TPSA) is 60.5 Å². The Morgan fingerprint density at radius 1 is 1.30 bits per heavy atom. The Morgan fingerprint density at radius 3 is 2.67 bits per heavy atom. The molecule has 0 spiro atoms. The number of hydrogen-bond donors (Lipinski definition) is 0. The Morgan fingerprint density at radius 2 is 2.03 bits per heavy atom. The van der Waals surface area contributed by atoms with Crippen molar-refractivity contribution in [2.45, 2.75) is 46.8 Å². The fraction of sp³-hybridized carbons (Fsp3) is 0.391. The number of halogens is 1. The summed E-state index contributed by atoms with van der Waals surface area (Å²) in [6.07, 6.45) is 1.78. The van der Waals surface area contributed by atoms with Crippen molar-refractivity contribution in [1.29, 1.82) is 0 Å². The Labute approximate surface area is 182 Å². The Kier molecular flexibility index (Phi) is 6.56. The van der Waals surface area contributed by atoms with E-state index >= 15 is 0 Å². The number of nitrogens with zero attached hydrogens (tertiary/aromatic N) is 3. The van der Waals surface area contributed by atoms with Gasteiger partial charge >= 0.3 is 0 Å². The zero-order valence-corrected chi connectivity index (χ0v) is 19.1. The molecule has 0 fully saturated rings. The van der Waals surface area contributed by atoms with E-state index in [9.17, 15) is 4.79 Å². The quantitative estimate of drug-likeness (QED) is 0.514. The van der Waals surface area contributed by atoms with E-state index in [1.165, 1.54) is 0 Å². The molecule has 6 nitrogen and oxygen atoms in total. The molecule has 0 aliphatic heterocycles. The third kappa shape index (κ3) is 4.70. The summed E-state index contributed by atoms with van der Waals surface area (Å²) in [5.74, 6) is 1.74. The van der Waals surface area contributed by atoms with Crippen LogP contribution in [0.3, 0.4) is 0 Å². The molecular weight excluding hydrogens is 402 g/mol. The van der Waals surface area contributed by atoms with Crippen LogP contribution in [0, 0.1) is 13.8 Å². The lowest BCUT2D eigenvalue weighted by Crippen LogP contribution is -2.26. The van der Waals surface area contributed by atoms with Gasteiger partial charge in [0.25, 0.3) is 5.91 Å². The molecule has 0 unspecified atom stereocenters. The van der Waals surface area contributed by atoms with Crippen LogP contribution in [-0.2, 0) is 20.2 Å². The van der Waals surface area contributed by atoms with E-state index in [0.717, 1.165) is 33.2 Å². The van der Waals surface area contributed by atoms with Crippen LogP contribution < -0.4 is 4.74 Å². The van der Waals surface area contributed by atoms with Crippen LogP contribution in [0.2, 0.25) is 5.02 Å². The third-order valence-corrected chi connectivity index (χ3v) is 5.65. The van der Waals surface area contributed by atoms with Crippen LogP contribution in [0.25, 0.3) is 0 Å². The first-order valence-corrected chi connectivity index (χ1v) is 10.3. The van der Waals surface area contributed by atoms with Crippen molar-refractivity contribution in [2.24, 2.45) is 7.05 Å². The summed E-state index contributed by atoms with van der Waals surface area (Å²) < 4.78 is 13.5. The molecule has 0 aliphatic carbocycles. The van der Waals surface area contributed by atoms with Gasteiger partial charge in [-0.2, -0.15) is 5.10 Å². The Balaban J connectivity index is 1.67. The van der Waals surface area contributed by atoms with Gasteiger partial charge in [0.2, 0.25) is 0 Å². The molecule has 0 radical (unpaired) electrons. The van der Waals surface area contributed by atoms with Crippen molar-refractivity contribution < 1.29 is 13.9 Å². The Hall–Kier alpha value is -2.73. The van der Waals surface area contributed by atoms with Crippen molar-refractivity contribution >= 4 is 17.5 Å². The normalized spacial score (nSPS) is 11.2. The largest absolute Gasteiger partial charge is 0.485 e. The molecule has 160 valence electrons. The van der Waals surface area contributed by atoms with E-state index in [1.54, 1.807) is 35.0 Å². The predicted octanol–water partition coefficient (Wildman–Crippen LogP) is 5.26. The fourth-order valence-electron chi connectivity index (χ4n) is 3.18. The highest BCUT2D eigenvalue weighted by atomic mass is 35.5. The first kappa shape index (κ1) is 22.0. The van der Waals surface area contributed by atoms with Gasteiger partial charge in [0, 0.05) is 36.9 Å². The van der Waals surface area contributed by atoms with E-state index in [4.69, 9.17) is 20.8 Å². The van der Waals surface area contributed by atoms with Crippen LogP contribution in [-0.4, -0.2) is 27.6 Å². The molecule has 0 saturated carbocycles. The summed E-state index contributed by atoms with van der Waals surface area (Å²) in [4.78, 5) is 14.3. The van der Waals surface area contributed by atoms with Crippen molar-refractivity contribution in [1.82, 2.24) is 14.7 Å². The number of ether oxygens (including phenoxy) is 1. The smallest absolute Gasteiger partial charge is 0.289 e. The minimum absolute atomic E-state index is 0.185. The molecule has 7 heteroatoms. The van der Waals surface area contributed by atoms with Gasteiger partial charge < -0.3 is 14.1 Å². The van der Waals surface area contributed by atoms with Crippen LogP contribution >= 0.6 is 11.6 Å². The molecule has 0 aliphatic rings. The third-order valence-electron chi connectivity index (χ3n) is 5.25. The number of aryl methyl sites for hydroxylation is 2. The summed E-state index contributed by atoms with van der Waals surface area (Å²) in [6, 6.07) is 7.35. The molecule has 1 amide bonds. The maximum Gasteiger partial charge on any atom is 0.289 e. The number of furan rings is 1. The molecular formula is C23H28ClN3O3. The van der Waals surface area contributed by atoms with Gasteiger partial charge in [0.1, 0.15) is 18.1 Å². The number of benzene rings is 1. The second kappa shape index (κ2) is 8.96. The molecule has 0 N–H and O–H groups in total. The number of carbonyl (C=O) groups is 1. The molecule has 0 atom stereocenters. The van der Waals surface area contributed by atoms with Crippen molar-refractivity contribution in [3.05, 3.63) is 69.4 Å². The van der Waals surface area contributed by atoms with E-state index in [0.29, 0.717) is 12.3 Å². The maximum absolute atomic E-state index is 12.7. The van der Waals surface area contributed by atoms with Gasteiger partial charge in [-0.15, -0.1) is 0 Å². The van der Waals surface area contributed by atoms with Crippen LogP contribution in [0.15, 0.2) is 34.9 Å². The molecule has 3 aromatic rings. The van der Waals surface area contributed by atoms with Gasteiger partial charge in [-0.3, -0.25) is 9.48 Å². The molecule has 0 saturated heterocycles. The highest BCUT2D eigenvalue weighted by Crippen LogP contribution is 2.32. The summed E-state index contributed by atoms with van der Waals surface area (Å²) in [7, 11) is 3.63. The Bertz CT molecular complexity index is 1050. The lowest BCUT2D eigenvalue weighted by Gasteiger charge is -2.16. The molecule has 2 aromatic heterocycles. The number of rotatable bonds is 7. The molecule has 30 heavy (non-hydrogen) atoms. The van der Waals surface area contributed by atoms with Crippen LogP contribution in [0.4, 0.5) is 0 Å². The minimum Gasteiger partial charge on any atom is -0.485 e. The van der Waals surface area contributed by atoms with Gasteiger partial charge in [-0.25, -0.2) is 0 Å². The van der Waals surface area contributed by atoms with E-state index < -0.39 is 0 Å². The van der Waals surface area contributed by atoms with E-state index in [2.05, 4.69) is 18.9 Å². The second-order valence-electron chi connectivity index (χ2n) is 7.89. The second-order valence-corrected chi connectivity index (χ2v) is 8.30. The van der Waals surface area contributed by atoms with Gasteiger partial charge in [-0.1, -0.05) is 25.4 Å². The SMILES string of the molecule is Cc1cc(OCc2ccc(C(=O)N(C)Cc3cnn(C)c3C)o2)c(C(C)C)cc1Cl. The fourth-order valence-corrected chi connectivity index (χ4v) is 3.35. The summed E-state index contributed by atoms with van der Waals surface area (Å²) in [5, 5.41) is 4.95. The summed E-state index contributed by atoms with van der Waals surface area (Å²) >= 11 is 6.26. The standard InChI is InChI=1S/C23H28ClN3O3/c1-14(2)19-10-20(24)15(3)9-22(19)29-13-18-7-8-21(30-18)23(28)26(5)12-17-11-25-27(6)16(17)4/h7-11,14H,12-13H2,1-6H3. The summed E-state index contributed by atoms with van der Waals surface area (Å²) in [6.45, 7) is 8.82. The average Bonchev–Trinajstić information content (AvgIpc) is 3.30. The number of amides is 1. The van der Waals surface area contributed by atoms with E-state index in [1.807, 2.05) is 33.0 Å².